The molecule has 0 aliphatic carbocycles. The molecule has 0 aliphatic rings. The van der Waals surface area contributed by atoms with Crippen molar-refractivity contribution in [1.82, 2.24) is 10.2 Å². The summed E-state index contributed by atoms with van der Waals surface area (Å²) in [6, 6.07) is 13.4. The average molecular weight is 414 g/mol. The molecule has 0 atom stereocenters. The number of nitro groups is 1. The first kappa shape index (κ1) is 20.5. The third kappa shape index (κ3) is 5.65. The predicted molar refractivity (Wildman–Crippen MR) is 112 cm³/mol. The Hall–Kier alpha value is -3.19. The van der Waals surface area contributed by atoms with Gasteiger partial charge in [0.05, 0.1) is 11.5 Å². The van der Waals surface area contributed by atoms with Crippen LogP contribution in [0.3, 0.4) is 0 Å². The van der Waals surface area contributed by atoms with Gasteiger partial charge in [-0.15, -0.1) is 10.2 Å². The molecule has 29 heavy (non-hydrogen) atoms. The first-order valence-corrected chi connectivity index (χ1v) is 9.49. The molecule has 0 amide bonds. The molecule has 2 aromatic carbocycles. The fourth-order valence-corrected chi connectivity index (χ4v) is 2.65. The molecule has 3 aromatic rings. The van der Waals surface area contributed by atoms with Crippen LogP contribution in [0.2, 0.25) is 0 Å². The normalized spacial score (nSPS) is 11.7. The largest absolute Gasteiger partial charge is 0.494 e. The summed E-state index contributed by atoms with van der Waals surface area (Å²) in [5, 5.41) is 18.9. The van der Waals surface area contributed by atoms with E-state index in [0.717, 1.165) is 17.7 Å². The van der Waals surface area contributed by atoms with Crippen LogP contribution in [0.15, 0.2) is 52.9 Å². The Morgan fingerprint density at radius 2 is 1.86 bits per heavy atom. The predicted octanol–water partition coefficient (Wildman–Crippen LogP) is 5.81. The lowest BCUT2D eigenvalue weighted by molar-refractivity contribution is -0.384. The summed E-state index contributed by atoms with van der Waals surface area (Å²) in [5.41, 5.74) is 1.42. The maximum absolute atomic E-state index is 10.7. The monoisotopic (exact) mass is 413 g/mol. The van der Waals surface area contributed by atoms with Crippen molar-refractivity contribution < 1.29 is 14.1 Å². The molecule has 0 bridgehead atoms. The van der Waals surface area contributed by atoms with Crippen LogP contribution in [0, 0.1) is 16.0 Å². The lowest BCUT2D eigenvalue weighted by atomic mass is 10.1. The molecular formula is C21H20ClN3O4. The fraction of sp³-hybridized carbons (Fsp3) is 0.238. The summed E-state index contributed by atoms with van der Waals surface area (Å²) >= 11 is 6.31. The van der Waals surface area contributed by atoms with Crippen LogP contribution >= 0.6 is 11.6 Å². The van der Waals surface area contributed by atoms with Crippen LogP contribution in [0.4, 0.5) is 5.69 Å². The molecule has 0 radical (unpaired) electrons. The van der Waals surface area contributed by atoms with Gasteiger partial charge in [0.1, 0.15) is 10.8 Å². The van der Waals surface area contributed by atoms with Crippen molar-refractivity contribution in [3.8, 4) is 17.2 Å². The molecule has 0 N–H and O–H groups in total. The molecule has 0 saturated heterocycles. The van der Waals surface area contributed by atoms with Crippen LogP contribution in [0.1, 0.15) is 31.7 Å². The van der Waals surface area contributed by atoms with Gasteiger partial charge in [0, 0.05) is 17.7 Å². The van der Waals surface area contributed by atoms with Crippen LogP contribution in [-0.4, -0.2) is 21.7 Å². The Balaban J connectivity index is 1.68. The molecule has 1 aromatic heterocycles. The van der Waals surface area contributed by atoms with Crippen molar-refractivity contribution in [3.05, 3.63) is 70.1 Å². The van der Waals surface area contributed by atoms with Gasteiger partial charge in [-0.3, -0.25) is 10.1 Å². The Morgan fingerprint density at radius 3 is 2.48 bits per heavy atom. The maximum Gasteiger partial charge on any atom is 0.269 e. The summed E-state index contributed by atoms with van der Waals surface area (Å²) < 4.78 is 11.3. The lowest BCUT2D eigenvalue weighted by Crippen LogP contribution is -2.01. The second-order valence-corrected chi connectivity index (χ2v) is 7.22. The van der Waals surface area contributed by atoms with E-state index in [4.69, 9.17) is 20.8 Å². The van der Waals surface area contributed by atoms with Crippen LogP contribution in [-0.2, 0) is 0 Å². The van der Waals surface area contributed by atoms with E-state index >= 15 is 0 Å². The summed E-state index contributed by atoms with van der Waals surface area (Å²) in [4.78, 5) is 10.3. The number of rotatable bonds is 8. The van der Waals surface area contributed by atoms with Gasteiger partial charge in [-0.25, -0.2) is 0 Å². The van der Waals surface area contributed by atoms with Gasteiger partial charge in [-0.05, 0) is 48.2 Å². The Kier molecular flexibility index (Phi) is 6.61. The molecule has 150 valence electrons. The quantitative estimate of drug-likeness (QED) is 0.342. The van der Waals surface area contributed by atoms with Gasteiger partial charge >= 0.3 is 0 Å². The lowest BCUT2D eigenvalue weighted by Gasteiger charge is -2.08. The van der Waals surface area contributed by atoms with E-state index in [1.54, 1.807) is 18.2 Å². The van der Waals surface area contributed by atoms with E-state index in [-0.39, 0.29) is 17.5 Å². The van der Waals surface area contributed by atoms with Gasteiger partial charge < -0.3 is 9.15 Å². The fourth-order valence-electron chi connectivity index (χ4n) is 2.44. The number of ether oxygens (including phenoxy) is 1. The van der Waals surface area contributed by atoms with E-state index in [9.17, 15) is 10.1 Å². The highest BCUT2D eigenvalue weighted by Crippen LogP contribution is 2.27. The highest BCUT2D eigenvalue weighted by Gasteiger charge is 2.13. The zero-order chi connectivity index (χ0) is 20.8. The summed E-state index contributed by atoms with van der Waals surface area (Å²) in [6.07, 6.45) is 2.72. The summed E-state index contributed by atoms with van der Waals surface area (Å²) in [6.45, 7) is 4.99. The van der Waals surface area contributed by atoms with Crippen molar-refractivity contribution in [1.29, 1.82) is 0 Å². The molecule has 0 aliphatic heterocycles. The van der Waals surface area contributed by atoms with Crippen molar-refractivity contribution in [2.24, 2.45) is 5.92 Å². The maximum atomic E-state index is 10.7. The Bertz CT molecular complexity index is 996. The molecule has 0 fully saturated rings. The molecular weight excluding hydrogens is 394 g/mol. The number of aromatic nitrogens is 2. The van der Waals surface area contributed by atoms with Crippen molar-refractivity contribution >= 4 is 28.4 Å². The highest BCUT2D eigenvalue weighted by atomic mass is 35.5. The molecule has 0 unspecified atom stereocenters. The third-order valence-electron chi connectivity index (χ3n) is 4.09. The first-order valence-electron chi connectivity index (χ1n) is 9.11. The van der Waals surface area contributed by atoms with E-state index < -0.39 is 4.92 Å². The zero-order valence-electron chi connectivity index (χ0n) is 16.0. The minimum atomic E-state index is -0.469. The standard InChI is InChI=1S/C21H20ClN3O4/c1-14(2)11-12-28-18-9-3-15(4-10-18)13-19(22)21-24-23-20(29-21)16-5-7-17(8-6-16)25(26)27/h3-10,13-14H,11-12H2,1-2H3/b19-13-. The van der Waals surface area contributed by atoms with Gasteiger partial charge in [0.2, 0.25) is 5.89 Å². The molecule has 0 spiro atoms. The van der Waals surface area contributed by atoms with E-state index in [0.29, 0.717) is 23.1 Å². The minimum Gasteiger partial charge on any atom is -0.494 e. The molecule has 1 heterocycles. The van der Waals surface area contributed by atoms with Gasteiger partial charge in [-0.1, -0.05) is 37.6 Å². The summed E-state index contributed by atoms with van der Waals surface area (Å²) in [5.74, 6) is 1.80. The van der Waals surface area contributed by atoms with Crippen molar-refractivity contribution in [2.75, 3.05) is 6.61 Å². The number of nitro benzene ring substituents is 1. The molecule has 3 rings (SSSR count). The van der Waals surface area contributed by atoms with Gasteiger partial charge in [0.15, 0.2) is 0 Å². The van der Waals surface area contributed by atoms with E-state index in [1.165, 1.54) is 12.1 Å². The number of hydrogen-bond acceptors (Lipinski definition) is 6. The van der Waals surface area contributed by atoms with Crippen LogP contribution in [0.5, 0.6) is 5.75 Å². The summed E-state index contributed by atoms with van der Waals surface area (Å²) in [7, 11) is 0. The van der Waals surface area contributed by atoms with Crippen LogP contribution in [0.25, 0.3) is 22.6 Å². The highest BCUT2D eigenvalue weighted by molar-refractivity contribution is 6.50. The molecule has 7 nitrogen and oxygen atoms in total. The second kappa shape index (κ2) is 9.34. The zero-order valence-corrected chi connectivity index (χ0v) is 16.8. The molecule has 0 saturated carbocycles. The van der Waals surface area contributed by atoms with E-state index in [1.807, 2.05) is 24.3 Å². The topological polar surface area (TPSA) is 91.3 Å². The van der Waals surface area contributed by atoms with Gasteiger partial charge in [0.25, 0.3) is 11.6 Å². The van der Waals surface area contributed by atoms with Crippen LogP contribution < -0.4 is 4.74 Å². The van der Waals surface area contributed by atoms with Gasteiger partial charge in [-0.2, -0.15) is 0 Å². The average Bonchev–Trinajstić information content (AvgIpc) is 3.19. The molecule has 8 heteroatoms. The SMILES string of the molecule is CC(C)CCOc1ccc(/C=C(\Cl)c2nnc(-c3ccc([N+](=O)[O-])cc3)o2)cc1. The van der Waals surface area contributed by atoms with Crippen molar-refractivity contribution in [2.45, 2.75) is 20.3 Å². The van der Waals surface area contributed by atoms with E-state index in [2.05, 4.69) is 24.0 Å². The first-order chi connectivity index (χ1) is 13.9. The smallest absolute Gasteiger partial charge is 0.269 e. The Labute approximate surface area is 173 Å². The second-order valence-electron chi connectivity index (χ2n) is 6.81. The number of hydrogen-bond donors (Lipinski definition) is 0. The minimum absolute atomic E-state index is 0.0111. The number of halogens is 1. The number of benzene rings is 2. The van der Waals surface area contributed by atoms with Crippen molar-refractivity contribution in [3.63, 3.8) is 0 Å². The number of nitrogens with zero attached hydrogens (tertiary/aromatic N) is 3. The third-order valence-corrected chi connectivity index (χ3v) is 4.36. The Morgan fingerprint density at radius 1 is 1.17 bits per heavy atom. The number of non-ortho nitro benzene ring substituents is 1.